The number of carbonyl (C=O) groups is 1. The van der Waals surface area contributed by atoms with Crippen molar-refractivity contribution in [3.05, 3.63) is 0 Å². The first-order valence-electron chi connectivity index (χ1n) is 3.94. The van der Waals surface area contributed by atoms with Crippen LogP contribution in [0.2, 0.25) is 0 Å². The molecule has 5 nitrogen and oxygen atoms in total. The monoisotopic (exact) mass is 189 g/mol. The first kappa shape index (κ1) is 12.2. The zero-order valence-corrected chi connectivity index (χ0v) is 7.77. The van der Waals surface area contributed by atoms with Crippen LogP contribution in [-0.4, -0.2) is 43.7 Å². The second-order valence-corrected chi connectivity index (χ2v) is 2.62. The Morgan fingerprint density at radius 2 is 2.23 bits per heavy atom. The maximum Gasteiger partial charge on any atom is 0.214 e. The Morgan fingerprint density at radius 1 is 1.62 bits per heavy atom. The molecule has 0 fully saturated rings. The lowest BCUT2D eigenvalue weighted by Gasteiger charge is -2.21. The van der Waals surface area contributed by atoms with Crippen molar-refractivity contribution in [3.8, 4) is 0 Å². The lowest BCUT2D eigenvalue weighted by molar-refractivity contribution is -0.172. The van der Waals surface area contributed by atoms with Gasteiger partial charge in [0.15, 0.2) is 6.29 Å². The molecule has 0 saturated heterocycles. The van der Waals surface area contributed by atoms with E-state index in [9.17, 15) is 4.79 Å². The molecule has 3 atom stereocenters. The molecule has 0 rings (SSSR count). The summed E-state index contributed by atoms with van der Waals surface area (Å²) in [5.41, 5.74) is 0. The van der Waals surface area contributed by atoms with Crippen molar-refractivity contribution in [2.24, 2.45) is 5.92 Å². The molecule has 0 radical (unpaired) electrons. The molecule has 76 valence electrons. The minimum atomic E-state index is -0.973. The maximum atomic E-state index is 10.3. The van der Waals surface area contributed by atoms with Crippen LogP contribution in [0.15, 0.2) is 0 Å². The average Bonchev–Trinajstić information content (AvgIpc) is 2.19. The van der Waals surface area contributed by atoms with Crippen molar-refractivity contribution in [1.29, 1.82) is 5.41 Å². The van der Waals surface area contributed by atoms with Crippen LogP contribution in [0.1, 0.15) is 6.92 Å². The molecule has 2 N–H and O–H groups in total. The largest absolute Gasteiger partial charge is 0.394 e. The Hall–Kier alpha value is -0.780. The van der Waals surface area contributed by atoms with Crippen molar-refractivity contribution in [2.45, 2.75) is 19.3 Å². The molecular weight excluding hydrogens is 174 g/mol. The van der Waals surface area contributed by atoms with E-state index in [1.165, 1.54) is 7.11 Å². The van der Waals surface area contributed by atoms with Crippen molar-refractivity contribution < 1.29 is 19.4 Å². The second-order valence-electron chi connectivity index (χ2n) is 2.62. The molecule has 0 spiro atoms. The zero-order chi connectivity index (χ0) is 10.3. The molecule has 0 heterocycles. The van der Waals surface area contributed by atoms with Crippen LogP contribution in [-0.2, 0) is 14.3 Å². The maximum absolute atomic E-state index is 10.3. The first-order valence-corrected chi connectivity index (χ1v) is 3.94. The Kier molecular flexibility index (Phi) is 6.30. The van der Waals surface area contributed by atoms with E-state index in [2.05, 4.69) is 4.74 Å². The molecule has 0 aliphatic rings. The third-order valence-electron chi connectivity index (χ3n) is 1.68. The topological polar surface area (TPSA) is 79.6 Å². The molecule has 0 aromatic rings. The quantitative estimate of drug-likeness (QED) is 0.331. The van der Waals surface area contributed by atoms with Crippen LogP contribution >= 0.6 is 0 Å². The van der Waals surface area contributed by atoms with Crippen LogP contribution < -0.4 is 0 Å². The van der Waals surface area contributed by atoms with Gasteiger partial charge < -0.3 is 20.0 Å². The number of nitrogens with one attached hydrogen (secondary N) is 1. The number of rotatable bonds is 7. The Labute approximate surface area is 77.2 Å². The number of aliphatic hydroxyl groups is 1. The number of aldehydes is 1. The molecule has 0 amide bonds. The number of methoxy groups -OCH3 is 1. The van der Waals surface area contributed by atoms with E-state index in [4.69, 9.17) is 15.3 Å². The van der Waals surface area contributed by atoms with E-state index in [0.717, 1.165) is 6.21 Å². The van der Waals surface area contributed by atoms with Gasteiger partial charge in [-0.25, -0.2) is 0 Å². The molecule has 0 aliphatic heterocycles. The molecule has 3 unspecified atom stereocenters. The number of hydrogen-bond acceptors (Lipinski definition) is 5. The molecular formula is C8H15NO4. The van der Waals surface area contributed by atoms with Gasteiger partial charge in [0.25, 0.3) is 0 Å². The van der Waals surface area contributed by atoms with Crippen LogP contribution in [0.5, 0.6) is 0 Å². The lowest BCUT2D eigenvalue weighted by atomic mass is 10.1. The lowest BCUT2D eigenvalue weighted by Crippen LogP contribution is -2.33. The fourth-order valence-corrected chi connectivity index (χ4v) is 0.756. The van der Waals surface area contributed by atoms with E-state index in [0.29, 0.717) is 6.29 Å². The molecule has 0 bridgehead atoms. The molecule has 5 heteroatoms. The summed E-state index contributed by atoms with van der Waals surface area (Å²) in [4.78, 5) is 10.3. The van der Waals surface area contributed by atoms with Crippen LogP contribution in [0.25, 0.3) is 0 Å². The third kappa shape index (κ3) is 4.12. The zero-order valence-electron chi connectivity index (χ0n) is 7.77. The summed E-state index contributed by atoms with van der Waals surface area (Å²) in [7, 11) is 1.34. The highest BCUT2D eigenvalue weighted by atomic mass is 16.7. The summed E-state index contributed by atoms with van der Waals surface area (Å²) >= 11 is 0. The molecule has 0 aromatic heterocycles. The standard InChI is InChI=1S/C8H15NO4/c1-6(3-9)7(4-10)13-8(5-11)12-2/h3,5-10H,4H2,1-2H3. The van der Waals surface area contributed by atoms with Crippen LogP contribution in [0, 0.1) is 11.3 Å². The fraction of sp³-hybridized carbons (Fsp3) is 0.750. The van der Waals surface area contributed by atoms with E-state index >= 15 is 0 Å². The number of hydrogen-bond donors (Lipinski definition) is 2. The van der Waals surface area contributed by atoms with Gasteiger partial charge in [0, 0.05) is 19.2 Å². The second kappa shape index (κ2) is 6.71. The van der Waals surface area contributed by atoms with Crippen molar-refractivity contribution >= 4 is 12.5 Å². The predicted octanol–water partition coefficient (Wildman–Crippen LogP) is -0.179. The van der Waals surface area contributed by atoms with Crippen molar-refractivity contribution in [1.82, 2.24) is 0 Å². The summed E-state index contributed by atoms with van der Waals surface area (Å²) in [5, 5.41) is 15.8. The van der Waals surface area contributed by atoms with Crippen LogP contribution in [0.3, 0.4) is 0 Å². The van der Waals surface area contributed by atoms with E-state index < -0.39 is 12.4 Å². The fourth-order valence-electron chi connectivity index (χ4n) is 0.756. The Balaban J connectivity index is 4.09. The molecule has 13 heavy (non-hydrogen) atoms. The summed E-state index contributed by atoms with van der Waals surface area (Å²) in [6.07, 6.45) is 0.102. The van der Waals surface area contributed by atoms with Gasteiger partial charge in [-0.15, -0.1) is 0 Å². The van der Waals surface area contributed by atoms with Crippen LogP contribution in [0.4, 0.5) is 0 Å². The first-order chi connectivity index (χ1) is 6.19. The van der Waals surface area contributed by atoms with Crippen molar-refractivity contribution in [3.63, 3.8) is 0 Å². The minimum Gasteiger partial charge on any atom is -0.394 e. The van der Waals surface area contributed by atoms with E-state index in [-0.39, 0.29) is 12.5 Å². The summed E-state index contributed by atoms with van der Waals surface area (Å²) in [6.45, 7) is 1.47. The molecule has 0 aliphatic carbocycles. The minimum absolute atomic E-state index is 0.246. The Bertz CT molecular complexity index is 162. The average molecular weight is 189 g/mol. The predicted molar refractivity (Wildman–Crippen MR) is 46.8 cm³/mol. The Morgan fingerprint density at radius 3 is 2.54 bits per heavy atom. The van der Waals surface area contributed by atoms with Gasteiger partial charge in [-0.2, -0.15) is 0 Å². The van der Waals surface area contributed by atoms with Gasteiger partial charge in [0.2, 0.25) is 6.29 Å². The summed E-state index contributed by atoms with van der Waals surface area (Å²) in [6, 6.07) is 0. The normalized spacial score (nSPS) is 17.5. The summed E-state index contributed by atoms with van der Waals surface area (Å²) in [5.74, 6) is -0.248. The smallest absolute Gasteiger partial charge is 0.214 e. The molecule has 0 aromatic carbocycles. The highest BCUT2D eigenvalue weighted by Gasteiger charge is 2.19. The number of ether oxygens (including phenoxy) is 2. The highest BCUT2D eigenvalue weighted by molar-refractivity contribution is 5.57. The van der Waals surface area contributed by atoms with Gasteiger partial charge in [0.1, 0.15) is 0 Å². The number of carbonyl (C=O) groups excluding carboxylic acids is 1. The third-order valence-corrected chi connectivity index (χ3v) is 1.68. The summed E-state index contributed by atoms with van der Waals surface area (Å²) < 4.78 is 9.71. The van der Waals surface area contributed by atoms with Gasteiger partial charge >= 0.3 is 0 Å². The van der Waals surface area contributed by atoms with E-state index in [1.807, 2.05) is 0 Å². The molecule has 0 saturated carbocycles. The van der Waals surface area contributed by atoms with Gasteiger partial charge in [-0.05, 0) is 0 Å². The SMILES string of the molecule is COC(C=O)OC(CO)C(C)C=N. The van der Waals surface area contributed by atoms with Gasteiger partial charge in [0.05, 0.1) is 12.7 Å². The van der Waals surface area contributed by atoms with Gasteiger partial charge in [-0.3, -0.25) is 4.79 Å². The van der Waals surface area contributed by atoms with E-state index in [1.54, 1.807) is 6.92 Å². The van der Waals surface area contributed by atoms with Crippen molar-refractivity contribution in [2.75, 3.05) is 13.7 Å². The number of aliphatic hydroxyl groups excluding tert-OH is 1. The van der Waals surface area contributed by atoms with Gasteiger partial charge in [-0.1, -0.05) is 6.92 Å². The highest BCUT2D eigenvalue weighted by Crippen LogP contribution is 2.07.